The van der Waals surface area contributed by atoms with Crippen LogP contribution in [0.1, 0.15) is 5.56 Å². The van der Waals surface area contributed by atoms with Crippen LogP contribution in [-0.2, 0) is 0 Å². The average Bonchev–Trinajstić information content (AvgIpc) is 2.69. The Hall–Kier alpha value is -1.17. The fourth-order valence-electron chi connectivity index (χ4n) is 1.31. The van der Waals surface area contributed by atoms with E-state index in [0.29, 0.717) is 0 Å². The Kier molecular flexibility index (Phi) is 3.09. The number of nitrogens with zero attached hydrogens (tertiary/aromatic N) is 1. The normalized spacial score (nSPS) is 16.1. The maximum absolute atomic E-state index is 11.9. The van der Waals surface area contributed by atoms with E-state index in [2.05, 4.69) is 9.73 Å². The van der Waals surface area contributed by atoms with Gasteiger partial charge in [-0.25, -0.2) is 0 Å². The summed E-state index contributed by atoms with van der Waals surface area (Å²) >= 11 is 1.60. The fraction of sp³-hybridized carbons (Fsp3) is 0.300. The summed E-state index contributed by atoms with van der Waals surface area (Å²) in [7, 11) is 0. The van der Waals surface area contributed by atoms with E-state index >= 15 is 0 Å². The zero-order chi connectivity index (χ0) is 11.6. The van der Waals surface area contributed by atoms with Gasteiger partial charge in [0.25, 0.3) is 0 Å². The summed E-state index contributed by atoms with van der Waals surface area (Å²) in [5.74, 6) is 0.718. The third-order valence-corrected chi connectivity index (χ3v) is 2.95. The SMILES string of the molecule is FC(F)(F)Oc1ccc(C2=NCCS2)cc1. The minimum absolute atomic E-state index is 0.208. The lowest BCUT2D eigenvalue weighted by Gasteiger charge is -2.08. The van der Waals surface area contributed by atoms with E-state index < -0.39 is 6.36 Å². The first kappa shape index (κ1) is 11.3. The standard InChI is InChI=1S/C10H8F3NOS/c11-10(12,13)15-8-3-1-7(2-4-8)9-14-5-6-16-9/h1-4H,5-6H2. The molecule has 0 atom stereocenters. The van der Waals surface area contributed by atoms with Gasteiger partial charge in [0.15, 0.2) is 0 Å². The van der Waals surface area contributed by atoms with Crippen molar-refractivity contribution >= 4 is 16.8 Å². The molecule has 0 amide bonds. The quantitative estimate of drug-likeness (QED) is 0.801. The Balaban J connectivity index is 2.10. The number of benzene rings is 1. The molecule has 86 valence electrons. The second-order valence-corrected chi connectivity index (χ2v) is 4.19. The van der Waals surface area contributed by atoms with E-state index in [-0.39, 0.29) is 5.75 Å². The van der Waals surface area contributed by atoms with Gasteiger partial charge in [-0.15, -0.1) is 24.9 Å². The number of hydrogen-bond donors (Lipinski definition) is 0. The van der Waals surface area contributed by atoms with Gasteiger partial charge in [-0.2, -0.15) is 0 Å². The molecule has 1 aliphatic heterocycles. The number of alkyl halides is 3. The van der Waals surface area contributed by atoms with Crippen LogP contribution in [0.15, 0.2) is 29.3 Å². The summed E-state index contributed by atoms with van der Waals surface area (Å²) in [5.41, 5.74) is 0.831. The van der Waals surface area contributed by atoms with Crippen LogP contribution in [0.2, 0.25) is 0 Å². The molecule has 1 heterocycles. The van der Waals surface area contributed by atoms with Gasteiger partial charge in [0, 0.05) is 17.9 Å². The van der Waals surface area contributed by atoms with Gasteiger partial charge in [0.05, 0.1) is 5.04 Å². The molecular weight excluding hydrogens is 239 g/mol. The first-order chi connectivity index (χ1) is 7.54. The topological polar surface area (TPSA) is 21.6 Å². The summed E-state index contributed by atoms with van der Waals surface area (Å²) in [5, 5.41) is 0.874. The van der Waals surface area contributed by atoms with E-state index in [0.717, 1.165) is 22.9 Å². The minimum atomic E-state index is -4.64. The second kappa shape index (κ2) is 4.37. The summed E-state index contributed by atoms with van der Waals surface area (Å²) in [6, 6.07) is 5.75. The molecule has 0 spiro atoms. The molecule has 6 heteroatoms. The van der Waals surface area contributed by atoms with Crippen molar-refractivity contribution in [3.8, 4) is 5.75 Å². The summed E-state index contributed by atoms with van der Waals surface area (Å²) in [6.07, 6.45) is -4.64. The van der Waals surface area contributed by atoms with E-state index in [1.807, 2.05) is 0 Å². The van der Waals surface area contributed by atoms with Crippen LogP contribution in [0, 0.1) is 0 Å². The van der Waals surface area contributed by atoms with E-state index in [1.54, 1.807) is 23.9 Å². The summed E-state index contributed by atoms with van der Waals surface area (Å²) < 4.78 is 39.5. The Morgan fingerprint density at radius 2 is 1.88 bits per heavy atom. The highest BCUT2D eigenvalue weighted by Gasteiger charge is 2.31. The fourth-order valence-corrected chi connectivity index (χ4v) is 2.17. The molecule has 0 aromatic heterocycles. The molecule has 0 bridgehead atoms. The van der Waals surface area contributed by atoms with Gasteiger partial charge in [0.1, 0.15) is 5.75 Å². The van der Waals surface area contributed by atoms with Gasteiger partial charge in [-0.3, -0.25) is 4.99 Å². The molecule has 0 fully saturated rings. The van der Waals surface area contributed by atoms with Crippen molar-refractivity contribution in [3.05, 3.63) is 29.8 Å². The third kappa shape index (κ3) is 2.91. The second-order valence-electron chi connectivity index (χ2n) is 3.11. The van der Waals surface area contributed by atoms with Crippen LogP contribution in [0.3, 0.4) is 0 Å². The Morgan fingerprint density at radius 3 is 2.38 bits per heavy atom. The largest absolute Gasteiger partial charge is 0.573 e. The molecule has 0 N–H and O–H groups in total. The lowest BCUT2D eigenvalue weighted by atomic mass is 10.2. The Morgan fingerprint density at radius 1 is 1.19 bits per heavy atom. The zero-order valence-corrected chi connectivity index (χ0v) is 8.94. The first-order valence-electron chi connectivity index (χ1n) is 4.58. The van der Waals surface area contributed by atoms with E-state index in [9.17, 15) is 13.2 Å². The monoisotopic (exact) mass is 247 g/mol. The maximum Gasteiger partial charge on any atom is 0.573 e. The first-order valence-corrected chi connectivity index (χ1v) is 5.56. The lowest BCUT2D eigenvalue weighted by molar-refractivity contribution is -0.274. The number of aliphatic imine (C=N–C) groups is 1. The summed E-state index contributed by atoms with van der Waals surface area (Å²) in [6.45, 7) is 0.765. The molecule has 1 aromatic carbocycles. The highest BCUT2D eigenvalue weighted by molar-refractivity contribution is 8.14. The number of halogens is 3. The zero-order valence-electron chi connectivity index (χ0n) is 8.12. The molecule has 0 radical (unpaired) electrons. The molecule has 2 rings (SSSR count). The summed E-state index contributed by atoms with van der Waals surface area (Å²) in [4.78, 5) is 4.23. The molecule has 0 saturated heterocycles. The highest BCUT2D eigenvalue weighted by atomic mass is 32.2. The van der Waals surface area contributed by atoms with Crippen LogP contribution < -0.4 is 4.74 Å². The number of hydrogen-bond acceptors (Lipinski definition) is 3. The van der Waals surface area contributed by atoms with Crippen molar-refractivity contribution in [1.29, 1.82) is 0 Å². The van der Waals surface area contributed by atoms with Crippen molar-refractivity contribution in [2.75, 3.05) is 12.3 Å². The Bertz CT molecular complexity index is 400. The van der Waals surface area contributed by atoms with Gasteiger partial charge >= 0.3 is 6.36 Å². The molecule has 1 aliphatic rings. The van der Waals surface area contributed by atoms with Gasteiger partial charge < -0.3 is 4.74 Å². The highest BCUT2D eigenvalue weighted by Crippen LogP contribution is 2.25. The molecular formula is C10H8F3NOS. The van der Waals surface area contributed by atoms with Crippen molar-refractivity contribution in [3.63, 3.8) is 0 Å². The Labute approximate surface area is 94.5 Å². The van der Waals surface area contributed by atoms with Crippen molar-refractivity contribution in [2.24, 2.45) is 4.99 Å². The number of rotatable bonds is 2. The molecule has 16 heavy (non-hydrogen) atoms. The molecule has 0 aliphatic carbocycles. The van der Waals surface area contributed by atoms with E-state index in [4.69, 9.17) is 0 Å². The molecule has 2 nitrogen and oxygen atoms in total. The van der Waals surface area contributed by atoms with Crippen molar-refractivity contribution < 1.29 is 17.9 Å². The minimum Gasteiger partial charge on any atom is -0.406 e. The smallest absolute Gasteiger partial charge is 0.406 e. The maximum atomic E-state index is 11.9. The predicted molar refractivity (Wildman–Crippen MR) is 57.0 cm³/mol. The van der Waals surface area contributed by atoms with Crippen LogP contribution in [0.5, 0.6) is 5.75 Å². The van der Waals surface area contributed by atoms with Crippen molar-refractivity contribution in [1.82, 2.24) is 0 Å². The van der Waals surface area contributed by atoms with Gasteiger partial charge in [-0.1, -0.05) is 0 Å². The van der Waals surface area contributed by atoms with Crippen molar-refractivity contribution in [2.45, 2.75) is 6.36 Å². The van der Waals surface area contributed by atoms with Gasteiger partial charge in [-0.05, 0) is 24.3 Å². The lowest BCUT2D eigenvalue weighted by Crippen LogP contribution is -2.17. The number of thioether (sulfide) groups is 1. The predicted octanol–water partition coefficient (Wildman–Crippen LogP) is 3.08. The van der Waals surface area contributed by atoms with Crippen LogP contribution in [0.25, 0.3) is 0 Å². The van der Waals surface area contributed by atoms with Crippen LogP contribution in [0.4, 0.5) is 13.2 Å². The third-order valence-electron chi connectivity index (χ3n) is 1.92. The number of ether oxygens (including phenoxy) is 1. The van der Waals surface area contributed by atoms with Gasteiger partial charge in [0.2, 0.25) is 0 Å². The van der Waals surface area contributed by atoms with Crippen LogP contribution >= 0.6 is 11.8 Å². The molecule has 1 aromatic rings. The molecule has 0 saturated carbocycles. The molecule has 0 unspecified atom stereocenters. The average molecular weight is 247 g/mol. The van der Waals surface area contributed by atoms with Crippen LogP contribution in [-0.4, -0.2) is 23.7 Å². The van der Waals surface area contributed by atoms with E-state index in [1.165, 1.54) is 12.1 Å².